The molecule has 0 radical (unpaired) electrons. The lowest BCUT2D eigenvalue weighted by Crippen LogP contribution is -2.30. The lowest BCUT2D eigenvalue weighted by Gasteiger charge is -2.30. The molecule has 1 unspecified atom stereocenters. The van der Waals surface area contributed by atoms with E-state index in [9.17, 15) is 0 Å². The highest BCUT2D eigenvalue weighted by Gasteiger charge is 2.29. The maximum atomic E-state index is 4.13. The summed E-state index contributed by atoms with van der Waals surface area (Å²) in [5, 5.41) is 0. The van der Waals surface area contributed by atoms with Crippen molar-refractivity contribution in [3.63, 3.8) is 0 Å². The second kappa shape index (κ2) is 5.76. The van der Waals surface area contributed by atoms with Crippen LogP contribution in [0.1, 0.15) is 38.3 Å². The van der Waals surface area contributed by atoms with Crippen LogP contribution in [-0.2, 0) is 0 Å². The van der Waals surface area contributed by atoms with Crippen molar-refractivity contribution in [2.75, 3.05) is 6.54 Å². The van der Waals surface area contributed by atoms with E-state index in [1.54, 1.807) is 0 Å². The second-order valence-electron chi connectivity index (χ2n) is 5.81. The van der Waals surface area contributed by atoms with Crippen molar-refractivity contribution in [1.82, 2.24) is 9.88 Å². The van der Waals surface area contributed by atoms with E-state index in [1.807, 2.05) is 12.4 Å². The molecule has 1 atom stereocenters. The molecule has 104 valence electrons. The highest BCUT2D eigenvalue weighted by molar-refractivity contribution is 5.67. The minimum Gasteiger partial charge on any atom is -0.294 e. The summed E-state index contributed by atoms with van der Waals surface area (Å²) in [6, 6.07) is 14.2. The molecule has 1 saturated heterocycles. The summed E-state index contributed by atoms with van der Waals surface area (Å²) in [5.41, 5.74) is 4.09. The molecule has 2 heterocycles. The van der Waals surface area contributed by atoms with Gasteiger partial charge < -0.3 is 0 Å². The normalized spacial score (nSPS) is 19.6. The molecule has 0 saturated carbocycles. The van der Waals surface area contributed by atoms with Gasteiger partial charge in [0.1, 0.15) is 0 Å². The van der Waals surface area contributed by atoms with Gasteiger partial charge in [-0.2, -0.15) is 0 Å². The van der Waals surface area contributed by atoms with Crippen molar-refractivity contribution in [1.29, 1.82) is 0 Å². The highest BCUT2D eigenvalue weighted by Crippen LogP contribution is 2.38. The molecular weight excluding hydrogens is 244 g/mol. The second-order valence-corrected chi connectivity index (χ2v) is 5.81. The van der Waals surface area contributed by atoms with Gasteiger partial charge >= 0.3 is 0 Å². The molecule has 0 amide bonds. The van der Waals surface area contributed by atoms with Gasteiger partial charge in [0, 0.05) is 24.5 Å². The van der Waals surface area contributed by atoms with E-state index in [2.05, 4.69) is 60.1 Å². The predicted octanol–water partition coefficient (Wildman–Crippen LogP) is 4.29. The maximum Gasteiger partial charge on any atom is 0.0357 e. The van der Waals surface area contributed by atoms with Gasteiger partial charge in [0.05, 0.1) is 0 Å². The molecule has 2 heteroatoms. The average Bonchev–Trinajstić information content (AvgIpc) is 2.98. The number of nitrogens with zero attached hydrogens (tertiary/aromatic N) is 2. The van der Waals surface area contributed by atoms with E-state index in [0.717, 1.165) is 0 Å². The highest BCUT2D eigenvalue weighted by atomic mass is 15.2. The largest absolute Gasteiger partial charge is 0.294 e. The van der Waals surface area contributed by atoms with E-state index < -0.39 is 0 Å². The third-order valence-corrected chi connectivity index (χ3v) is 4.27. The minimum atomic E-state index is 0.555. The van der Waals surface area contributed by atoms with Crippen LogP contribution in [0.3, 0.4) is 0 Å². The fourth-order valence-electron chi connectivity index (χ4n) is 3.32. The summed E-state index contributed by atoms with van der Waals surface area (Å²) in [6.45, 7) is 5.81. The van der Waals surface area contributed by atoms with Crippen LogP contribution in [0.2, 0.25) is 0 Å². The minimum absolute atomic E-state index is 0.555. The monoisotopic (exact) mass is 266 g/mol. The SMILES string of the molecule is CC(C)N1CCCC1c1ccccc1-c1ccncc1. The van der Waals surface area contributed by atoms with Gasteiger partial charge in [-0.1, -0.05) is 24.3 Å². The van der Waals surface area contributed by atoms with Crippen LogP contribution < -0.4 is 0 Å². The molecule has 2 aromatic rings. The van der Waals surface area contributed by atoms with E-state index >= 15 is 0 Å². The van der Waals surface area contributed by atoms with E-state index in [1.165, 1.54) is 36.1 Å². The summed E-state index contributed by atoms with van der Waals surface area (Å²) in [4.78, 5) is 6.76. The molecule has 0 spiro atoms. The third-order valence-electron chi connectivity index (χ3n) is 4.27. The van der Waals surface area contributed by atoms with Gasteiger partial charge in [-0.05, 0) is 62.1 Å². The van der Waals surface area contributed by atoms with Crippen LogP contribution in [0.25, 0.3) is 11.1 Å². The quantitative estimate of drug-likeness (QED) is 0.823. The van der Waals surface area contributed by atoms with Crippen LogP contribution in [0.15, 0.2) is 48.8 Å². The first-order valence-electron chi connectivity index (χ1n) is 7.52. The third kappa shape index (κ3) is 2.48. The fraction of sp³-hybridized carbons (Fsp3) is 0.389. The van der Waals surface area contributed by atoms with Gasteiger partial charge in [-0.25, -0.2) is 0 Å². The zero-order chi connectivity index (χ0) is 13.9. The van der Waals surface area contributed by atoms with Crippen molar-refractivity contribution in [2.24, 2.45) is 0 Å². The number of rotatable bonds is 3. The molecule has 1 aliphatic rings. The number of pyridine rings is 1. The lowest BCUT2D eigenvalue weighted by molar-refractivity contribution is 0.206. The first kappa shape index (κ1) is 13.3. The van der Waals surface area contributed by atoms with Gasteiger partial charge in [-0.15, -0.1) is 0 Å². The molecule has 20 heavy (non-hydrogen) atoms. The summed E-state index contributed by atoms with van der Waals surface area (Å²) in [7, 11) is 0. The Morgan fingerprint density at radius 3 is 2.60 bits per heavy atom. The smallest absolute Gasteiger partial charge is 0.0357 e. The molecule has 3 rings (SSSR count). The average molecular weight is 266 g/mol. The molecular formula is C18H22N2. The number of aromatic nitrogens is 1. The standard InChI is InChI=1S/C18H22N2/c1-14(2)20-13-5-8-18(20)17-7-4-3-6-16(17)15-9-11-19-12-10-15/h3-4,6-7,9-12,14,18H,5,8,13H2,1-2H3. The Kier molecular flexibility index (Phi) is 3.83. The summed E-state index contributed by atoms with van der Waals surface area (Å²) < 4.78 is 0. The van der Waals surface area contributed by atoms with Gasteiger partial charge in [-0.3, -0.25) is 9.88 Å². The van der Waals surface area contributed by atoms with E-state index in [0.29, 0.717) is 12.1 Å². The first-order chi connectivity index (χ1) is 9.77. The number of benzene rings is 1. The Bertz CT molecular complexity index is 563. The number of likely N-dealkylation sites (tertiary alicyclic amines) is 1. The molecule has 0 bridgehead atoms. The Morgan fingerprint density at radius 2 is 1.85 bits per heavy atom. The topological polar surface area (TPSA) is 16.1 Å². The Balaban J connectivity index is 2.02. The van der Waals surface area contributed by atoms with Crippen LogP contribution >= 0.6 is 0 Å². The van der Waals surface area contributed by atoms with Crippen LogP contribution in [0.4, 0.5) is 0 Å². The zero-order valence-corrected chi connectivity index (χ0v) is 12.3. The summed E-state index contributed by atoms with van der Waals surface area (Å²) in [5.74, 6) is 0. The van der Waals surface area contributed by atoms with E-state index in [4.69, 9.17) is 0 Å². The summed E-state index contributed by atoms with van der Waals surface area (Å²) >= 11 is 0. The fourth-order valence-corrected chi connectivity index (χ4v) is 3.32. The van der Waals surface area contributed by atoms with Crippen molar-refractivity contribution < 1.29 is 0 Å². The molecule has 1 aromatic heterocycles. The molecule has 0 aliphatic carbocycles. The van der Waals surface area contributed by atoms with Crippen LogP contribution in [-0.4, -0.2) is 22.5 Å². The van der Waals surface area contributed by atoms with Gasteiger partial charge in [0.15, 0.2) is 0 Å². The van der Waals surface area contributed by atoms with E-state index in [-0.39, 0.29) is 0 Å². The van der Waals surface area contributed by atoms with Crippen molar-refractivity contribution in [3.05, 3.63) is 54.4 Å². The van der Waals surface area contributed by atoms with Crippen molar-refractivity contribution in [3.8, 4) is 11.1 Å². The maximum absolute atomic E-state index is 4.13. The Morgan fingerprint density at radius 1 is 1.10 bits per heavy atom. The molecule has 1 fully saturated rings. The van der Waals surface area contributed by atoms with Crippen molar-refractivity contribution >= 4 is 0 Å². The predicted molar refractivity (Wildman–Crippen MR) is 83.5 cm³/mol. The molecule has 1 aliphatic heterocycles. The Hall–Kier alpha value is -1.67. The first-order valence-corrected chi connectivity index (χ1v) is 7.52. The number of hydrogen-bond donors (Lipinski definition) is 0. The molecule has 0 N–H and O–H groups in total. The van der Waals surface area contributed by atoms with Crippen molar-refractivity contribution in [2.45, 2.75) is 38.8 Å². The number of hydrogen-bond acceptors (Lipinski definition) is 2. The Labute approximate surface area is 121 Å². The van der Waals surface area contributed by atoms with Gasteiger partial charge in [0.25, 0.3) is 0 Å². The lowest BCUT2D eigenvalue weighted by atomic mass is 9.94. The zero-order valence-electron chi connectivity index (χ0n) is 12.3. The van der Waals surface area contributed by atoms with Crippen LogP contribution in [0.5, 0.6) is 0 Å². The molecule has 2 nitrogen and oxygen atoms in total. The summed E-state index contributed by atoms with van der Waals surface area (Å²) in [6.07, 6.45) is 6.32. The van der Waals surface area contributed by atoms with Gasteiger partial charge in [0.2, 0.25) is 0 Å². The van der Waals surface area contributed by atoms with Crippen LogP contribution in [0, 0.1) is 0 Å². The molecule has 1 aromatic carbocycles.